The van der Waals surface area contributed by atoms with Gasteiger partial charge in [0.2, 0.25) is 5.91 Å². The molecular formula is C29H32Cl2N2O4. The van der Waals surface area contributed by atoms with Crippen LogP contribution in [-0.4, -0.2) is 43.0 Å². The number of hydrogen-bond acceptors (Lipinski definition) is 4. The van der Waals surface area contributed by atoms with Crippen LogP contribution in [0, 0.1) is 0 Å². The van der Waals surface area contributed by atoms with Gasteiger partial charge in [-0.25, -0.2) is 0 Å². The molecule has 0 radical (unpaired) electrons. The van der Waals surface area contributed by atoms with E-state index >= 15 is 0 Å². The van der Waals surface area contributed by atoms with E-state index < -0.39 is 6.04 Å². The van der Waals surface area contributed by atoms with Crippen molar-refractivity contribution in [3.05, 3.63) is 94.0 Å². The third kappa shape index (κ3) is 8.41. The highest BCUT2D eigenvalue weighted by molar-refractivity contribution is 6.42. The molecule has 0 fully saturated rings. The summed E-state index contributed by atoms with van der Waals surface area (Å²) in [5, 5.41) is 3.79. The first-order chi connectivity index (χ1) is 17.9. The van der Waals surface area contributed by atoms with Gasteiger partial charge in [0, 0.05) is 19.5 Å². The Kier molecular flexibility index (Phi) is 11.1. The molecule has 3 aromatic carbocycles. The van der Waals surface area contributed by atoms with Crippen LogP contribution < -0.4 is 14.8 Å². The molecule has 3 aromatic rings. The normalized spacial score (nSPS) is 11.5. The largest absolute Gasteiger partial charge is 0.493 e. The van der Waals surface area contributed by atoms with Gasteiger partial charge in [0.1, 0.15) is 6.04 Å². The van der Waals surface area contributed by atoms with Crippen LogP contribution in [0.4, 0.5) is 0 Å². The average molecular weight is 543 g/mol. The van der Waals surface area contributed by atoms with E-state index in [1.54, 1.807) is 41.3 Å². The Hall–Kier alpha value is -3.22. The van der Waals surface area contributed by atoms with E-state index in [0.29, 0.717) is 34.5 Å². The van der Waals surface area contributed by atoms with Crippen molar-refractivity contribution in [2.45, 2.75) is 38.8 Å². The van der Waals surface area contributed by atoms with Crippen molar-refractivity contribution in [1.82, 2.24) is 10.2 Å². The highest BCUT2D eigenvalue weighted by atomic mass is 35.5. The van der Waals surface area contributed by atoms with Gasteiger partial charge in [0.15, 0.2) is 18.1 Å². The van der Waals surface area contributed by atoms with Crippen molar-refractivity contribution in [3.8, 4) is 11.5 Å². The summed E-state index contributed by atoms with van der Waals surface area (Å²) in [6.07, 6.45) is 2.14. The van der Waals surface area contributed by atoms with Crippen LogP contribution in [0.5, 0.6) is 11.5 Å². The molecule has 0 heterocycles. The van der Waals surface area contributed by atoms with Crippen molar-refractivity contribution in [2.24, 2.45) is 0 Å². The fourth-order valence-electron chi connectivity index (χ4n) is 3.86. The van der Waals surface area contributed by atoms with Crippen LogP contribution >= 0.6 is 23.2 Å². The van der Waals surface area contributed by atoms with Crippen LogP contribution in [0.3, 0.4) is 0 Å². The van der Waals surface area contributed by atoms with Gasteiger partial charge in [-0.15, -0.1) is 0 Å². The topological polar surface area (TPSA) is 67.9 Å². The first-order valence-electron chi connectivity index (χ1n) is 12.2. The maximum Gasteiger partial charge on any atom is 0.261 e. The molecule has 3 rings (SSSR count). The molecule has 0 aliphatic heterocycles. The molecule has 196 valence electrons. The summed E-state index contributed by atoms with van der Waals surface area (Å²) in [7, 11) is 1.54. The molecule has 0 bridgehead atoms. The van der Waals surface area contributed by atoms with Crippen LogP contribution in [0.2, 0.25) is 10.0 Å². The molecule has 0 aliphatic carbocycles. The summed E-state index contributed by atoms with van der Waals surface area (Å²) in [4.78, 5) is 28.6. The molecule has 0 aromatic heterocycles. The van der Waals surface area contributed by atoms with Crippen molar-refractivity contribution in [2.75, 3.05) is 20.3 Å². The molecule has 37 heavy (non-hydrogen) atoms. The standard InChI is InChI=1S/C29H32Cl2N2O4/c1-3-4-16-32-29(35)25(18-21-10-6-5-7-11-21)33(19-22-14-15-23(30)24(31)17-22)28(34)20-37-27-13-9-8-12-26(27)36-2/h5-15,17,25H,3-4,16,18-20H2,1-2H3,(H,32,35). The number of rotatable bonds is 13. The first kappa shape index (κ1) is 28.4. The maximum absolute atomic E-state index is 13.7. The number of benzene rings is 3. The summed E-state index contributed by atoms with van der Waals surface area (Å²) in [5.74, 6) is 0.399. The third-order valence-corrected chi connectivity index (χ3v) is 6.60. The number of para-hydroxylation sites is 2. The third-order valence-electron chi connectivity index (χ3n) is 5.86. The molecule has 0 aliphatic rings. The second kappa shape index (κ2) is 14.5. The van der Waals surface area contributed by atoms with Gasteiger partial charge in [0.25, 0.3) is 5.91 Å². The Morgan fingerprint density at radius 2 is 1.62 bits per heavy atom. The number of hydrogen-bond donors (Lipinski definition) is 1. The SMILES string of the molecule is CCCCNC(=O)C(Cc1ccccc1)N(Cc1ccc(Cl)c(Cl)c1)C(=O)COc1ccccc1OC. The molecule has 1 N–H and O–H groups in total. The van der Waals surface area contributed by atoms with E-state index in [2.05, 4.69) is 12.2 Å². The smallest absolute Gasteiger partial charge is 0.261 e. The quantitative estimate of drug-likeness (QED) is 0.271. The summed E-state index contributed by atoms with van der Waals surface area (Å²) in [5.41, 5.74) is 1.69. The molecule has 8 heteroatoms. The van der Waals surface area contributed by atoms with Gasteiger partial charge in [-0.05, 0) is 41.8 Å². The molecule has 1 atom stereocenters. The number of halogens is 2. The van der Waals surface area contributed by atoms with Crippen LogP contribution in [0.25, 0.3) is 0 Å². The lowest BCUT2D eigenvalue weighted by Crippen LogP contribution is -2.51. The minimum Gasteiger partial charge on any atom is -0.493 e. The maximum atomic E-state index is 13.7. The minimum absolute atomic E-state index is 0.156. The van der Waals surface area contributed by atoms with Crippen LogP contribution in [0.1, 0.15) is 30.9 Å². The van der Waals surface area contributed by atoms with Crippen molar-refractivity contribution < 1.29 is 19.1 Å². The van der Waals surface area contributed by atoms with Crippen molar-refractivity contribution in [3.63, 3.8) is 0 Å². The number of carbonyl (C=O) groups excluding carboxylic acids is 2. The number of nitrogens with zero attached hydrogens (tertiary/aromatic N) is 1. The molecule has 0 saturated heterocycles. The van der Waals surface area contributed by atoms with Gasteiger partial charge in [-0.3, -0.25) is 9.59 Å². The van der Waals surface area contributed by atoms with Gasteiger partial charge in [-0.2, -0.15) is 0 Å². The summed E-state index contributed by atoms with van der Waals surface area (Å²) in [6, 6.07) is 21.2. The summed E-state index contributed by atoms with van der Waals surface area (Å²) >= 11 is 12.4. The lowest BCUT2D eigenvalue weighted by molar-refractivity contribution is -0.142. The van der Waals surface area contributed by atoms with E-state index in [1.165, 1.54) is 7.11 Å². The zero-order chi connectivity index (χ0) is 26.6. The van der Waals surface area contributed by atoms with Gasteiger partial charge >= 0.3 is 0 Å². The van der Waals surface area contributed by atoms with Crippen LogP contribution in [-0.2, 0) is 22.6 Å². The summed E-state index contributed by atoms with van der Waals surface area (Å²) < 4.78 is 11.2. The number of nitrogens with one attached hydrogen (secondary N) is 1. The second-order valence-corrected chi connectivity index (χ2v) is 9.37. The minimum atomic E-state index is -0.762. The van der Waals surface area contributed by atoms with Crippen molar-refractivity contribution >= 4 is 35.0 Å². The number of amides is 2. The number of unbranched alkanes of at least 4 members (excludes halogenated alkanes) is 1. The van der Waals surface area contributed by atoms with Crippen molar-refractivity contribution in [1.29, 1.82) is 0 Å². The average Bonchev–Trinajstić information content (AvgIpc) is 2.92. The Morgan fingerprint density at radius 1 is 0.919 bits per heavy atom. The van der Waals surface area contributed by atoms with E-state index in [-0.39, 0.29) is 25.0 Å². The zero-order valence-electron chi connectivity index (χ0n) is 21.1. The summed E-state index contributed by atoms with van der Waals surface area (Å²) in [6.45, 7) is 2.48. The fourth-order valence-corrected chi connectivity index (χ4v) is 4.18. The second-order valence-electron chi connectivity index (χ2n) is 8.56. The lowest BCUT2D eigenvalue weighted by Gasteiger charge is -2.31. The number of methoxy groups -OCH3 is 1. The number of ether oxygens (including phenoxy) is 2. The first-order valence-corrected chi connectivity index (χ1v) is 13.0. The van der Waals surface area contributed by atoms with Crippen LogP contribution in [0.15, 0.2) is 72.8 Å². The Morgan fingerprint density at radius 3 is 2.30 bits per heavy atom. The molecule has 0 spiro atoms. The molecule has 1 unspecified atom stereocenters. The Bertz CT molecular complexity index is 1170. The van der Waals surface area contributed by atoms with E-state index in [9.17, 15) is 9.59 Å². The molecular weight excluding hydrogens is 511 g/mol. The molecule has 6 nitrogen and oxygen atoms in total. The highest BCUT2D eigenvalue weighted by Gasteiger charge is 2.31. The van der Waals surface area contributed by atoms with E-state index in [0.717, 1.165) is 24.0 Å². The number of carbonyl (C=O) groups is 2. The predicted molar refractivity (Wildman–Crippen MR) is 147 cm³/mol. The highest BCUT2D eigenvalue weighted by Crippen LogP contribution is 2.27. The predicted octanol–water partition coefficient (Wildman–Crippen LogP) is 5.94. The molecule has 2 amide bonds. The lowest BCUT2D eigenvalue weighted by atomic mass is 10.0. The van der Waals surface area contributed by atoms with E-state index in [4.69, 9.17) is 32.7 Å². The van der Waals surface area contributed by atoms with Gasteiger partial charge in [-0.1, -0.05) is 85.1 Å². The zero-order valence-corrected chi connectivity index (χ0v) is 22.6. The van der Waals surface area contributed by atoms with Gasteiger partial charge < -0.3 is 19.7 Å². The van der Waals surface area contributed by atoms with E-state index in [1.807, 2.05) is 36.4 Å². The Balaban J connectivity index is 1.92. The fraction of sp³-hybridized carbons (Fsp3) is 0.310. The molecule has 0 saturated carbocycles. The monoisotopic (exact) mass is 542 g/mol. The van der Waals surface area contributed by atoms with Gasteiger partial charge in [0.05, 0.1) is 17.2 Å². The Labute approximate surface area is 228 Å².